The topological polar surface area (TPSA) is 56.7 Å². The first-order chi connectivity index (χ1) is 10.8. The third kappa shape index (κ3) is 5.48. The molecule has 2 aromatic carbocycles. The molecule has 0 saturated carbocycles. The molecule has 22 heavy (non-hydrogen) atoms. The molecule has 0 radical (unpaired) electrons. The van der Waals surface area contributed by atoms with Gasteiger partial charge in [0.05, 0.1) is 6.54 Å². The van der Waals surface area contributed by atoms with E-state index in [2.05, 4.69) is 46.8 Å². The Bertz CT molecular complexity index is 579. The van der Waals surface area contributed by atoms with E-state index < -0.39 is 0 Å². The first-order valence-corrected chi connectivity index (χ1v) is 7.62. The second-order valence-corrected chi connectivity index (χ2v) is 5.02. The van der Waals surface area contributed by atoms with Gasteiger partial charge < -0.3 is 15.7 Å². The molecule has 0 bridgehead atoms. The van der Waals surface area contributed by atoms with Crippen LogP contribution in [0.2, 0.25) is 0 Å². The normalized spacial score (nSPS) is 11.2. The van der Waals surface area contributed by atoms with E-state index in [4.69, 9.17) is 0 Å². The van der Waals surface area contributed by atoms with Crippen molar-refractivity contribution >= 4 is 5.96 Å². The van der Waals surface area contributed by atoms with Gasteiger partial charge in [0, 0.05) is 13.1 Å². The van der Waals surface area contributed by atoms with E-state index in [9.17, 15) is 5.11 Å². The lowest BCUT2D eigenvalue weighted by Gasteiger charge is -2.11. The second-order valence-electron chi connectivity index (χ2n) is 5.02. The van der Waals surface area contributed by atoms with Crippen LogP contribution in [0.15, 0.2) is 59.6 Å². The second kappa shape index (κ2) is 8.72. The summed E-state index contributed by atoms with van der Waals surface area (Å²) in [6.45, 7) is 4.30. The van der Waals surface area contributed by atoms with Crippen molar-refractivity contribution in [3.63, 3.8) is 0 Å². The lowest BCUT2D eigenvalue weighted by molar-refractivity contribution is 0.475. The van der Waals surface area contributed by atoms with Crippen molar-refractivity contribution < 1.29 is 5.11 Å². The third-order valence-electron chi connectivity index (χ3n) is 3.25. The number of rotatable bonds is 6. The summed E-state index contributed by atoms with van der Waals surface area (Å²) in [5.74, 6) is 1.09. The molecule has 0 fully saturated rings. The summed E-state index contributed by atoms with van der Waals surface area (Å²) >= 11 is 0. The lowest BCUT2D eigenvalue weighted by Crippen LogP contribution is -2.38. The van der Waals surface area contributed by atoms with Crippen molar-refractivity contribution in [1.29, 1.82) is 0 Å². The molecule has 3 N–H and O–H groups in total. The Morgan fingerprint density at radius 3 is 2.36 bits per heavy atom. The van der Waals surface area contributed by atoms with Crippen LogP contribution in [0.3, 0.4) is 0 Å². The fourth-order valence-electron chi connectivity index (χ4n) is 2.08. The Morgan fingerprint density at radius 1 is 0.955 bits per heavy atom. The number of guanidine groups is 1. The summed E-state index contributed by atoms with van der Waals surface area (Å²) in [5.41, 5.74) is 2.38. The van der Waals surface area contributed by atoms with Gasteiger partial charge >= 0.3 is 0 Å². The first kappa shape index (κ1) is 15.9. The summed E-state index contributed by atoms with van der Waals surface area (Å²) in [6.07, 6.45) is 0.963. The molecule has 4 nitrogen and oxygen atoms in total. The smallest absolute Gasteiger partial charge is 0.191 e. The summed E-state index contributed by atoms with van der Waals surface area (Å²) in [4.78, 5) is 4.56. The Hall–Kier alpha value is -2.49. The minimum atomic E-state index is 0.278. The summed E-state index contributed by atoms with van der Waals surface area (Å²) < 4.78 is 0. The molecule has 0 saturated heterocycles. The van der Waals surface area contributed by atoms with Crippen molar-refractivity contribution in [3.8, 4) is 5.75 Å². The lowest BCUT2D eigenvalue weighted by atomic mass is 10.1. The summed E-state index contributed by atoms with van der Waals surface area (Å²) in [5, 5.41) is 15.9. The molecule has 4 heteroatoms. The highest BCUT2D eigenvalue weighted by atomic mass is 16.3. The van der Waals surface area contributed by atoms with E-state index >= 15 is 0 Å². The van der Waals surface area contributed by atoms with E-state index in [1.807, 2.05) is 18.2 Å². The number of phenols is 1. The Kier molecular flexibility index (Phi) is 6.30. The summed E-state index contributed by atoms with van der Waals surface area (Å²) in [6, 6.07) is 17.5. The van der Waals surface area contributed by atoms with Crippen molar-refractivity contribution in [2.75, 3.05) is 13.1 Å². The minimum Gasteiger partial charge on any atom is -0.508 e. The van der Waals surface area contributed by atoms with E-state index in [0.29, 0.717) is 6.54 Å². The zero-order valence-electron chi connectivity index (χ0n) is 12.9. The van der Waals surface area contributed by atoms with Gasteiger partial charge in [-0.25, -0.2) is 4.99 Å². The van der Waals surface area contributed by atoms with Crippen molar-refractivity contribution in [2.24, 2.45) is 4.99 Å². The van der Waals surface area contributed by atoms with E-state index in [-0.39, 0.29) is 5.75 Å². The van der Waals surface area contributed by atoms with E-state index in [1.54, 1.807) is 12.1 Å². The van der Waals surface area contributed by atoms with Crippen LogP contribution in [-0.2, 0) is 13.0 Å². The van der Waals surface area contributed by atoms with Crippen molar-refractivity contribution in [2.45, 2.75) is 19.9 Å². The highest BCUT2D eigenvalue weighted by Gasteiger charge is 1.98. The van der Waals surface area contributed by atoms with Gasteiger partial charge in [0.1, 0.15) is 5.75 Å². The molecule has 0 atom stereocenters. The summed E-state index contributed by atoms with van der Waals surface area (Å²) in [7, 11) is 0. The number of aromatic hydroxyl groups is 1. The largest absolute Gasteiger partial charge is 0.508 e. The van der Waals surface area contributed by atoms with Gasteiger partial charge in [-0.05, 0) is 36.6 Å². The van der Waals surface area contributed by atoms with Gasteiger partial charge in [-0.3, -0.25) is 0 Å². The Balaban J connectivity index is 1.85. The monoisotopic (exact) mass is 297 g/mol. The van der Waals surface area contributed by atoms with Gasteiger partial charge in [-0.15, -0.1) is 0 Å². The third-order valence-corrected chi connectivity index (χ3v) is 3.25. The number of nitrogens with zero attached hydrogens (tertiary/aromatic N) is 1. The van der Waals surface area contributed by atoms with Crippen LogP contribution >= 0.6 is 0 Å². The first-order valence-electron chi connectivity index (χ1n) is 7.62. The number of nitrogens with one attached hydrogen (secondary N) is 2. The van der Waals surface area contributed by atoms with Crippen LogP contribution in [0.5, 0.6) is 5.75 Å². The molecule has 0 spiro atoms. The Labute approximate surface area is 131 Å². The van der Waals surface area contributed by atoms with Gasteiger partial charge in [0.25, 0.3) is 0 Å². The Morgan fingerprint density at radius 2 is 1.68 bits per heavy atom. The number of aliphatic imine (C=N–C) groups is 1. The van der Waals surface area contributed by atoms with Gasteiger partial charge in [-0.1, -0.05) is 42.5 Å². The fraction of sp³-hybridized carbons (Fsp3) is 0.278. The van der Waals surface area contributed by atoms with Gasteiger partial charge in [0.15, 0.2) is 5.96 Å². The zero-order valence-corrected chi connectivity index (χ0v) is 12.9. The highest BCUT2D eigenvalue weighted by molar-refractivity contribution is 5.79. The fourth-order valence-corrected chi connectivity index (χ4v) is 2.08. The maximum Gasteiger partial charge on any atom is 0.191 e. The highest BCUT2D eigenvalue weighted by Crippen LogP contribution is 2.10. The molecular formula is C18H23N3O. The molecule has 0 aliphatic carbocycles. The number of hydrogen-bond donors (Lipinski definition) is 3. The van der Waals surface area contributed by atoms with E-state index in [0.717, 1.165) is 31.0 Å². The number of phenolic OH excluding ortho intramolecular Hbond substituents is 1. The van der Waals surface area contributed by atoms with Crippen LogP contribution < -0.4 is 10.6 Å². The van der Waals surface area contributed by atoms with Crippen LogP contribution in [0.4, 0.5) is 0 Å². The molecule has 0 aliphatic heterocycles. The molecule has 0 aliphatic rings. The standard InChI is InChI=1S/C18H23N3O/c1-2-19-18(20-13-12-15-6-4-3-5-7-15)21-14-16-8-10-17(22)11-9-16/h3-11,22H,2,12-14H2,1H3,(H2,19,20,21). The van der Waals surface area contributed by atoms with Gasteiger partial charge in [-0.2, -0.15) is 0 Å². The molecule has 0 amide bonds. The predicted octanol–water partition coefficient (Wildman–Crippen LogP) is 2.69. The van der Waals surface area contributed by atoms with Crippen molar-refractivity contribution in [3.05, 3.63) is 65.7 Å². The minimum absolute atomic E-state index is 0.278. The molecule has 116 valence electrons. The van der Waals surface area contributed by atoms with Crippen LogP contribution in [0, 0.1) is 0 Å². The zero-order chi connectivity index (χ0) is 15.6. The van der Waals surface area contributed by atoms with E-state index in [1.165, 1.54) is 5.56 Å². The van der Waals surface area contributed by atoms with Crippen molar-refractivity contribution in [1.82, 2.24) is 10.6 Å². The van der Waals surface area contributed by atoms with Crippen LogP contribution in [-0.4, -0.2) is 24.2 Å². The number of hydrogen-bond acceptors (Lipinski definition) is 2. The maximum absolute atomic E-state index is 9.28. The quantitative estimate of drug-likeness (QED) is 0.567. The average molecular weight is 297 g/mol. The van der Waals surface area contributed by atoms with Crippen LogP contribution in [0.25, 0.3) is 0 Å². The number of benzene rings is 2. The van der Waals surface area contributed by atoms with Crippen LogP contribution in [0.1, 0.15) is 18.1 Å². The molecule has 0 unspecified atom stereocenters. The molecule has 2 aromatic rings. The maximum atomic E-state index is 9.28. The predicted molar refractivity (Wildman–Crippen MR) is 91.1 cm³/mol. The molecular weight excluding hydrogens is 274 g/mol. The molecule has 2 rings (SSSR count). The average Bonchev–Trinajstić information content (AvgIpc) is 2.55. The molecule has 0 aromatic heterocycles. The van der Waals surface area contributed by atoms with Gasteiger partial charge in [0.2, 0.25) is 0 Å². The SMILES string of the molecule is CCNC(=NCc1ccc(O)cc1)NCCc1ccccc1. The molecule has 0 heterocycles.